The van der Waals surface area contributed by atoms with E-state index in [1.165, 1.54) is 6.07 Å². The monoisotopic (exact) mass is 286 g/mol. The van der Waals surface area contributed by atoms with Crippen molar-refractivity contribution in [3.8, 4) is 0 Å². The Labute approximate surface area is 113 Å². The molecule has 1 atom stereocenters. The second kappa shape index (κ2) is 5.56. The molecule has 19 heavy (non-hydrogen) atoms. The van der Waals surface area contributed by atoms with Crippen molar-refractivity contribution < 1.29 is 12.8 Å². The second-order valence-electron chi connectivity index (χ2n) is 5.06. The minimum absolute atomic E-state index is 0.0765. The molecule has 1 aliphatic rings. The summed E-state index contributed by atoms with van der Waals surface area (Å²) in [5.74, 6) is 0.0265. The van der Waals surface area contributed by atoms with Gasteiger partial charge in [0.2, 0.25) is 0 Å². The van der Waals surface area contributed by atoms with Crippen molar-refractivity contribution in [3.05, 3.63) is 35.1 Å². The van der Waals surface area contributed by atoms with Gasteiger partial charge in [-0.3, -0.25) is 4.90 Å². The molecule has 0 amide bonds. The van der Waals surface area contributed by atoms with Crippen LogP contribution in [0.5, 0.6) is 0 Å². The first-order chi connectivity index (χ1) is 8.91. The zero-order valence-electron chi connectivity index (χ0n) is 11.0. The van der Waals surface area contributed by atoms with Crippen LogP contribution in [0.2, 0.25) is 0 Å². The van der Waals surface area contributed by atoms with E-state index in [0.29, 0.717) is 25.2 Å². The van der Waals surface area contributed by atoms with E-state index in [0.717, 1.165) is 5.56 Å². The van der Waals surface area contributed by atoms with Crippen molar-refractivity contribution in [2.45, 2.75) is 26.1 Å². The Morgan fingerprint density at radius 3 is 2.79 bits per heavy atom. The van der Waals surface area contributed by atoms with Crippen molar-refractivity contribution in [2.24, 2.45) is 5.73 Å². The molecule has 0 spiro atoms. The standard InChI is InChI=1S/C13H19FN2O2S/c1-10-9-19(17,18)5-4-16(10)8-12-3-2-11(7-15)6-13(12)14/h2-3,6,10H,4-5,7-9,15H2,1H3. The fraction of sp³-hybridized carbons (Fsp3) is 0.538. The van der Waals surface area contributed by atoms with Gasteiger partial charge in [0.05, 0.1) is 11.5 Å². The Hall–Kier alpha value is -0.980. The summed E-state index contributed by atoms with van der Waals surface area (Å²) in [6.45, 7) is 3.08. The Morgan fingerprint density at radius 1 is 1.47 bits per heavy atom. The van der Waals surface area contributed by atoms with Gasteiger partial charge < -0.3 is 5.73 Å². The third-order valence-electron chi connectivity index (χ3n) is 3.53. The van der Waals surface area contributed by atoms with Gasteiger partial charge >= 0.3 is 0 Å². The quantitative estimate of drug-likeness (QED) is 0.897. The van der Waals surface area contributed by atoms with E-state index < -0.39 is 9.84 Å². The van der Waals surface area contributed by atoms with Crippen molar-refractivity contribution in [1.82, 2.24) is 4.90 Å². The van der Waals surface area contributed by atoms with Gasteiger partial charge in [0.25, 0.3) is 0 Å². The molecule has 1 fully saturated rings. The van der Waals surface area contributed by atoms with Gasteiger partial charge in [-0.15, -0.1) is 0 Å². The molecule has 1 aliphatic heterocycles. The zero-order valence-corrected chi connectivity index (χ0v) is 11.8. The van der Waals surface area contributed by atoms with Gasteiger partial charge in [-0.1, -0.05) is 12.1 Å². The molecular weight excluding hydrogens is 267 g/mol. The van der Waals surface area contributed by atoms with Crippen LogP contribution >= 0.6 is 0 Å². The van der Waals surface area contributed by atoms with E-state index in [9.17, 15) is 12.8 Å². The van der Waals surface area contributed by atoms with Gasteiger partial charge in [0, 0.05) is 31.2 Å². The number of sulfone groups is 1. The summed E-state index contributed by atoms with van der Waals surface area (Å²) in [4.78, 5) is 2.00. The highest BCUT2D eigenvalue weighted by molar-refractivity contribution is 7.91. The lowest BCUT2D eigenvalue weighted by atomic mass is 10.1. The zero-order chi connectivity index (χ0) is 14.0. The maximum atomic E-state index is 13.9. The van der Waals surface area contributed by atoms with Crippen molar-refractivity contribution in [2.75, 3.05) is 18.1 Å². The number of rotatable bonds is 3. The van der Waals surface area contributed by atoms with Crippen LogP contribution in [0.3, 0.4) is 0 Å². The summed E-state index contributed by atoms with van der Waals surface area (Å²) in [6, 6.07) is 4.91. The molecule has 0 radical (unpaired) electrons. The maximum Gasteiger partial charge on any atom is 0.153 e. The fourth-order valence-electron chi connectivity index (χ4n) is 2.33. The first-order valence-electron chi connectivity index (χ1n) is 6.33. The summed E-state index contributed by atoms with van der Waals surface area (Å²) in [5, 5.41) is 0. The molecule has 1 aromatic rings. The number of benzene rings is 1. The van der Waals surface area contributed by atoms with Crippen LogP contribution in [0.15, 0.2) is 18.2 Å². The minimum Gasteiger partial charge on any atom is -0.326 e. The molecule has 0 aliphatic carbocycles. The Bertz CT molecular complexity index is 560. The maximum absolute atomic E-state index is 13.9. The normalized spacial score (nSPS) is 23.4. The summed E-state index contributed by atoms with van der Waals surface area (Å²) < 4.78 is 36.9. The van der Waals surface area contributed by atoms with Crippen LogP contribution in [0.4, 0.5) is 4.39 Å². The Morgan fingerprint density at radius 2 is 2.21 bits per heavy atom. The average molecular weight is 286 g/mol. The molecular formula is C13H19FN2O2S. The second-order valence-corrected chi connectivity index (χ2v) is 7.29. The lowest BCUT2D eigenvalue weighted by molar-refractivity contribution is 0.215. The predicted octanol–water partition coefficient (Wildman–Crippen LogP) is 0.903. The Balaban J connectivity index is 2.09. The molecule has 0 aromatic heterocycles. The molecule has 0 saturated carbocycles. The van der Waals surface area contributed by atoms with E-state index in [2.05, 4.69) is 0 Å². The SMILES string of the molecule is CC1CS(=O)(=O)CCN1Cc1ccc(CN)cc1F. The van der Waals surface area contributed by atoms with Crippen LogP contribution in [0.1, 0.15) is 18.1 Å². The van der Waals surface area contributed by atoms with Crippen LogP contribution in [-0.2, 0) is 22.9 Å². The smallest absolute Gasteiger partial charge is 0.153 e. The highest BCUT2D eigenvalue weighted by Gasteiger charge is 2.28. The molecule has 106 valence electrons. The van der Waals surface area contributed by atoms with Crippen molar-refractivity contribution in [1.29, 1.82) is 0 Å². The number of nitrogens with zero attached hydrogens (tertiary/aromatic N) is 1. The minimum atomic E-state index is -2.93. The molecule has 0 bridgehead atoms. The van der Waals surface area contributed by atoms with E-state index in [1.54, 1.807) is 6.07 Å². The number of halogens is 1. The molecule has 1 aromatic carbocycles. The number of hydrogen-bond acceptors (Lipinski definition) is 4. The number of nitrogens with two attached hydrogens (primary N) is 1. The molecule has 2 N–H and O–H groups in total. The lowest BCUT2D eigenvalue weighted by Crippen LogP contribution is -2.46. The van der Waals surface area contributed by atoms with E-state index in [-0.39, 0.29) is 23.4 Å². The van der Waals surface area contributed by atoms with Gasteiger partial charge in [-0.05, 0) is 18.6 Å². The van der Waals surface area contributed by atoms with Gasteiger partial charge in [-0.25, -0.2) is 12.8 Å². The molecule has 1 unspecified atom stereocenters. The Kier molecular flexibility index (Phi) is 4.23. The van der Waals surface area contributed by atoms with Crippen LogP contribution < -0.4 is 5.73 Å². The predicted molar refractivity (Wildman–Crippen MR) is 72.8 cm³/mol. The molecule has 1 saturated heterocycles. The average Bonchev–Trinajstić information content (AvgIpc) is 2.34. The van der Waals surface area contributed by atoms with Gasteiger partial charge in [-0.2, -0.15) is 0 Å². The third-order valence-corrected chi connectivity index (χ3v) is 5.33. The first-order valence-corrected chi connectivity index (χ1v) is 8.15. The number of hydrogen-bond donors (Lipinski definition) is 1. The third kappa shape index (κ3) is 3.52. The van der Waals surface area contributed by atoms with Gasteiger partial charge in [0.1, 0.15) is 5.82 Å². The van der Waals surface area contributed by atoms with E-state index >= 15 is 0 Å². The topological polar surface area (TPSA) is 63.4 Å². The molecule has 4 nitrogen and oxygen atoms in total. The summed E-state index contributed by atoms with van der Waals surface area (Å²) in [5.41, 5.74) is 6.81. The fourth-order valence-corrected chi connectivity index (χ4v) is 3.96. The van der Waals surface area contributed by atoms with Crippen molar-refractivity contribution in [3.63, 3.8) is 0 Å². The largest absolute Gasteiger partial charge is 0.326 e. The molecule has 1 heterocycles. The molecule has 6 heteroatoms. The van der Waals surface area contributed by atoms with E-state index in [1.807, 2.05) is 17.9 Å². The van der Waals surface area contributed by atoms with Crippen LogP contribution in [0, 0.1) is 5.82 Å². The van der Waals surface area contributed by atoms with E-state index in [4.69, 9.17) is 5.73 Å². The highest BCUT2D eigenvalue weighted by atomic mass is 32.2. The highest BCUT2D eigenvalue weighted by Crippen LogP contribution is 2.18. The first kappa shape index (κ1) is 14.4. The van der Waals surface area contributed by atoms with Crippen LogP contribution in [-0.4, -0.2) is 37.4 Å². The summed E-state index contributed by atoms with van der Waals surface area (Å²) >= 11 is 0. The van der Waals surface area contributed by atoms with Crippen molar-refractivity contribution >= 4 is 9.84 Å². The van der Waals surface area contributed by atoms with Gasteiger partial charge in [0.15, 0.2) is 9.84 Å². The van der Waals surface area contributed by atoms with Crippen LogP contribution in [0.25, 0.3) is 0 Å². The summed E-state index contributed by atoms with van der Waals surface area (Å²) in [6.07, 6.45) is 0. The lowest BCUT2D eigenvalue weighted by Gasteiger charge is -2.33. The summed E-state index contributed by atoms with van der Waals surface area (Å²) in [7, 11) is -2.93. The molecule has 2 rings (SSSR count).